The maximum atomic E-state index is 5.89. The normalized spacial score (nSPS) is 21.3. The number of ether oxygens (including phenoxy) is 1. The Morgan fingerprint density at radius 1 is 1.53 bits per heavy atom. The molecule has 4 nitrogen and oxygen atoms in total. The average Bonchev–Trinajstić information content (AvgIpc) is 2.28. The summed E-state index contributed by atoms with van der Waals surface area (Å²) >= 11 is 0. The van der Waals surface area contributed by atoms with E-state index in [2.05, 4.69) is 29.8 Å². The van der Waals surface area contributed by atoms with Gasteiger partial charge in [-0.2, -0.15) is 0 Å². The van der Waals surface area contributed by atoms with E-state index in [1.807, 2.05) is 19.2 Å². The van der Waals surface area contributed by atoms with Gasteiger partial charge in [0.25, 0.3) is 0 Å². The van der Waals surface area contributed by atoms with Crippen molar-refractivity contribution in [2.45, 2.75) is 32.4 Å². The third kappa shape index (κ3) is 2.96. The number of nitrogens with zero attached hydrogens (tertiary/aromatic N) is 2. The second-order valence-corrected chi connectivity index (χ2v) is 5.27. The molecule has 1 aromatic heterocycles. The fraction of sp³-hybridized carbons (Fsp3) is 0.615. The van der Waals surface area contributed by atoms with E-state index in [1.54, 1.807) is 0 Å². The van der Waals surface area contributed by atoms with Gasteiger partial charge in [-0.3, -0.25) is 0 Å². The van der Waals surface area contributed by atoms with E-state index in [0.717, 1.165) is 31.1 Å². The first-order chi connectivity index (χ1) is 7.98. The number of aromatic nitrogens is 1. The number of nitrogens with two attached hydrogens (primary N) is 1. The van der Waals surface area contributed by atoms with Crippen LogP contribution in [0.2, 0.25) is 0 Å². The fourth-order valence-electron chi connectivity index (χ4n) is 2.10. The average molecular weight is 235 g/mol. The summed E-state index contributed by atoms with van der Waals surface area (Å²) in [5, 5.41) is 0. The summed E-state index contributed by atoms with van der Waals surface area (Å²) in [4.78, 5) is 6.69. The minimum absolute atomic E-state index is 0.0470. The van der Waals surface area contributed by atoms with Gasteiger partial charge in [0.15, 0.2) is 0 Å². The van der Waals surface area contributed by atoms with Crippen molar-refractivity contribution in [3.63, 3.8) is 0 Å². The predicted molar refractivity (Wildman–Crippen MR) is 69.1 cm³/mol. The lowest BCUT2D eigenvalue weighted by Crippen LogP contribution is -2.48. The van der Waals surface area contributed by atoms with Crippen LogP contribution in [0.4, 0.5) is 5.82 Å². The van der Waals surface area contributed by atoms with E-state index in [0.29, 0.717) is 0 Å². The molecule has 2 N–H and O–H groups in total. The highest BCUT2D eigenvalue weighted by Crippen LogP contribution is 2.23. The molecule has 2 heterocycles. The summed E-state index contributed by atoms with van der Waals surface area (Å²) in [7, 11) is 0. The quantitative estimate of drug-likeness (QED) is 0.848. The van der Waals surface area contributed by atoms with Crippen LogP contribution in [0.1, 0.15) is 32.4 Å². The second-order valence-electron chi connectivity index (χ2n) is 5.27. The molecule has 0 bridgehead atoms. The van der Waals surface area contributed by atoms with Crippen LogP contribution in [0.5, 0.6) is 0 Å². The third-order valence-corrected chi connectivity index (χ3v) is 3.04. The number of hydrogen-bond acceptors (Lipinski definition) is 4. The van der Waals surface area contributed by atoms with Crippen LogP contribution in [0.25, 0.3) is 0 Å². The van der Waals surface area contributed by atoms with Crippen LogP contribution >= 0.6 is 0 Å². The molecule has 4 heteroatoms. The molecule has 2 rings (SSSR count). The molecule has 1 unspecified atom stereocenters. The molecule has 17 heavy (non-hydrogen) atoms. The number of rotatable bonds is 2. The summed E-state index contributed by atoms with van der Waals surface area (Å²) in [6, 6.07) is 4.09. The van der Waals surface area contributed by atoms with Crippen LogP contribution in [0.15, 0.2) is 18.3 Å². The number of pyridine rings is 1. The van der Waals surface area contributed by atoms with Gasteiger partial charge in [-0.15, -0.1) is 0 Å². The lowest BCUT2D eigenvalue weighted by atomic mass is 10.1. The Labute approximate surface area is 103 Å². The molecule has 1 aliphatic rings. The number of hydrogen-bond donors (Lipinski definition) is 1. The van der Waals surface area contributed by atoms with E-state index in [1.165, 1.54) is 0 Å². The van der Waals surface area contributed by atoms with Gasteiger partial charge in [-0.05, 0) is 38.5 Å². The fourth-order valence-corrected chi connectivity index (χ4v) is 2.10. The summed E-state index contributed by atoms with van der Waals surface area (Å²) < 4.78 is 5.70. The van der Waals surface area contributed by atoms with Gasteiger partial charge in [0, 0.05) is 25.3 Å². The highest BCUT2D eigenvalue weighted by molar-refractivity contribution is 5.42. The Morgan fingerprint density at radius 2 is 2.29 bits per heavy atom. The monoisotopic (exact) mass is 235 g/mol. The maximum Gasteiger partial charge on any atom is 0.128 e. The minimum atomic E-state index is -0.107. The predicted octanol–water partition coefficient (Wildman–Crippen LogP) is 1.72. The Kier molecular flexibility index (Phi) is 3.35. The zero-order chi connectivity index (χ0) is 12.5. The lowest BCUT2D eigenvalue weighted by molar-refractivity contribution is -0.0279. The molecule has 1 saturated heterocycles. The van der Waals surface area contributed by atoms with E-state index in [4.69, 9.17) is 10.5 Å². The van der Waals surface area contributed by atoms with Gasteiger partial charge in [0.1, 0.15) is 5.82 Å². The van der Waals surface area contributed by atoms with Crippen LogP contribution in [-0.2, 0) is 4.74 Å². The molecule has 1 aromatic rings. The van der Waals surface area contributed by atoms with Crippen molar-refractivity contribution < 1.29 is 4.74 Å². The Balaban J connectivity index is 2.19. The van der Waals surface area contributed by atoms with Crippen molar-refractivity contribution in [1.29, 1.82) is 0 Å². The van der Waals surface area contributed by atoms with Gasteiger partial charge >= 0.3 is 0 Å². The van der Waals surface area contributed by atoms with Crippen LogP contribution in [0, 0.1) is 0 Å². The SMILES string of the molecule is CC(N)c1ccnc(N2CCOC(C)(C)C2)c1. The van der Waals surface area contributed by atoms with Crippen molar-refractivity contribution in [1.82, 2.24) is 4.98 Å². The topological polar surface area (TPSA) is 51.4 Å². The van der Waals surface area contributed by atoms with Gasteiger partial charge < -0.3 is 15.4 Å². The number of morpholine rings is 1. The summed E-state index contributed by atoms with van der Waals surface area (Å²) in [5.41, 5.74) is 6.91. The van der Waals surface area contributed by atoms with Crippen molar-refractivity contribution in [3.8, 4) is 0 Å². The largest absolute Gasteiger partial charge is 0.372 e. The van der Waals surface area contributed by atoms with Gasteiger partial charge in [-0.1, -0.05) is 0 Å². The highest BCUT2D eigenvalue weighted by Gasteiger charge is 2.27. The van der Waals surface area contributed by atoms with Crippen LogP contribution < -0.4 is 10.6 Å². The van der Waals surface area contributed by atoms with Crippen molar-refractivity contribution >= 4 is 5.82 Å². The molecular weight excluding hydrogens is 214 g/mol. The first-order valence-corrected chi connectivity index (χ1v) is 6.08. The minimum Gasteiger partial charge on any atom is -0.372 e. The Hall–Kier alpha value is -1.13. The van der Waals surface area contributed by atoms with Crippen LogP contribution in [-0.4, -0.2) is 30.3 Å². The smallest absolute Gasteiger partial charge is 0.128 e. The third-order valence-electron chi connectivity index (χ3n) is 3.04. The van der Waals surface area contributed by atoms with Crippen molar-refractivity contribution in [2.75, 3.05) is 24.6 Å². The van der Waals surface area contributed by atoms with E-state index in [-0.39, 0.29) is 11.6 Å². The van der Waals surface area contributed by atoms with E-state index >= 15 is 0 Å². The molecule has 0 amide bonds. The van der Waals surface area contributed by atoms with Gasteiger partial charge in [0.05, 0.1) is 12.2 Å². The zero-order valence-electron chi connectivity index (χ0n) is 10.8. The molecular formula is C13H21N3O. The van der Waals surface area contributed by atoms with Crippen LogP contribution in [0.3, 0.4) is 0 Å². The molecule has 1 fully saturated rings. The summed E-state index contributed by atoms with van der Waals surface area (Å²) in [5.74, 6) is 0.996. The molecule has 0 spiro atoms. The summed E-state index contributed by atoms with van der Waals surface area (Å²) in [6.07, 6.45) is 1.83. The molecule has 0 radical (unpaired) electrons. The Bertz CT molecular complexity index is 390. The van der Waals surface area contributed by atoms with Gasteiger partial charge in [-0.25, -0.2) is 4.98 Å². The van der Waals surface area contributed by atoms with Gasteiger partial charge in [0.2, 0.25) is 0 Å². The lowest BCUT2D eigenvalue weighted by Gasteiger charge is -2.38. The maximum absolute atomic E-state index is 5.89. The molecule has 1 aliphatic heterocycles. The number of anilines is 1. The summed E-state index contributed by atoms with van der Waals surface area (Å²) in [6.45, 7) is 8.70. The van der Waals surface area contributed by atoms with E-state index in [9.17, 15) is 0 Å². The molecule has 1 atom stereocenters. The first-order valence-electron chi connectivity index (χ1n) is 6.08. The first kappa shape index (κ1) is 12.3. The molecule has 0 aromatic carbocycles. The highest BCUT2D eigenvalue weighted by atomic mass is 16.5. The second kappa shape index (κ2) is 4.63. The Morgan fingerprint density at radius 3 is 2.94 bits per heavy atom. The molecule has 94 valence electrons. The van der Waals surface area contributed by atoms with Crippen molar-refractivity contribution in [2.24, 2.45) is 5.73 Å². The zero-order valence-corrected chi connectivity index (χ0v) is 10.8. The molecule has 0 aliphatic carbocycles. The van der Waals surface area contributed by atoms with Crippen molar-refractivity contribution in [3.05, 3.63) is 23.9 Å². The molecule has 0 saturated carbocycles. The van der Waals surface area contributed by atoms with E-state index < -0.39 is 0 Å². The standard InChI is InChI=1S/C13H21N3O/c1-10(14)11-4-5-15-12(8-11)16-6-7-17-13(2,3)9-16/h4-5,8,10H,6-7,9,14H2,1-3H3.